The molecule has 0 radical (unpaired) electrons. The minimum absolute atomic E-state index is 0.0277. The van der Waals surface area contributed by atoms with Gasteiger partial charge in [0.1, 0.15) is 11.9 Å². The van der Waals surface area contributed by atoms with E-state index in [9.17, 15) is 19.1 Å². The molecule has 4 aliphatic carbocycles. The summed E-state index contributed by atoms with van der Waals surface area (Å²) in [5, 5.41) is 12.3. The Morgan fingerprint density at radius 1 is 1.12 bits per heavy atom. The SMILES string of the molecule is O=C(O)[C@@H](Cc1ccccc1F)NC(=O)C12CC3CC(CC(C3)C1)C2. The quantitative estimate of drug-likeness (QED) is 0.861. The van der Waals surface area contributed by atoms with Crippen molar-refractivity contribution in [2.75, 3.05) is 0 Å². The molecule has 2 N–H and O–H groups in total. The van der Waals surface area contributed by atoms with Gasteiger partial charge in [-0.1, -0.05) is 18.2 Å². The Hall–Kier alpha value is -1.91. The Morgan fingerprint density at radius 2 is 1.68 bits per heavy atom. The molecule has 4 fully saturated rings. The number of carbonyl (C=O) groups excluding carboxylic acids is 1. The maximum atomic E-state index is 13.9. The standard InChI is InChI=1S/C20H24FNO3/c21-16-4-2-1-3-15(16)8-17(18(23)24)22-19(25)20-9-12-5-13(10-20)7-14(6-12)11-20/h1-4,12-14,17H,5-11H2,(H,22,25)(H,23,24)/t12?,13?,14?,17-,20?/m1/s1. The Morgan fingerprint density at radius 3 is 2.20 bits per heavy atom. The largest absolute Gasteiger partial charge is 0.480 e. The fourth-order valence-electron chi connectivity index (χ4n) is 5.78. The number of aliphatic carboxylic acids is 1. The lowest BCUT2D eigenvalue weighted by molar-refractivity contribution is -0.151. The number of hydrogen-bond donors (Lipinski definition) is 2. The van der Waals surface area contributed by atoms with E-state index in [1.807, 2.05) is 0 Å². The van der Waals surface area contributed by atoms with E-state index in [-0.39, 0.29) is 12.3 Å². The molecule has 25 heavy (non-hydrogen) atoms. The molecule has 0 heterocycles. The summed E-state index contributed by atoms with van der Waals surface area (Å²) in [6.07, 6.45) is 6.31. The average molecular weight is 345 g/mol. The normalized spacial score (nSPS) is 33.9. The molecule has 1 amide bonds. The third kappa shape index (κ3) is 3.05. The van der Waals surface area contributed by atoms with Crippen LogP contribution in [0, 0.1) is 29.0 Å². The summed E-state index contributed by atoms with van der Waals surface area (Å²) >= 11 is 0. The zero-order chi connectivity index (χ0) is 17.6. The predicted molar refractivity (Wildman–Crippen MR) is 90.3 cm³/mol. The van der Waals surface area contributed by atoms with Crippen molar-refractivity contribution in [1.29, 1.82) is 0 Å². The fourth-order valence-corrected chi connectivity index (χ4v) is 5.78. The van der Waals surface area contributed by atoms with Gasteiger partial charge in [-0.05, 0) is 67.9 Å². The number of halogens is 1. The van der Waals surface area contributed by atoms with Gasteiger partial charge in [-0.2, -0.15) is 0 Å². The molecule has 4 aliphatic rings. The molecule has 0 unspecified atom stereocenters. The van der Waals surface area contributed by atoms with Crippen LogP contribution in [-0.2, 0) is 16.0 Å². The molecule has 0 saturated heterocycles. The number of benzene rings is 1. The van der Waals surface area contributed by atoms with Gasteiger partial charge in [0.25, 0.3) is 0 Å². The molecule has 1 aromatic rings. The minimum Gasteiger partial charge on any atom is -0.480 e. The van der Waals surface area contributed by atoms with E-state index in [1.165, 1.54) is 25.3 Å². The molecule has 1 aromatic carbocycles. The smallest absolute Gasteiger partial charge is 0.326 e. The third-order valence-electron chi connectivity index (χ3n) is 6.51. The number of amides is 1. The second-order valence-corrected chi connectivity index (χ2v) is 8.36. The highest BCUT2D eigenvalue weighted by Crippen LogP contribution is 2.60. The second-order valence-electron chi connectivity index (χ2n) is 8.36. The van der Waals surface area contributed by atoms with Crippen LogP contribution < -0.4 is 5.32 Å². The summed E-state index contributed by atoms with van der Waals surface area (Å²) in [7, 11) is 0. The molecule has 5 rings (SSSR count). The lowest BCUT2D eigenvalue weighted by Gasteiger charge is -2.55. The molecule has 4 nitrogen and oxygen atoms in total. The zero-order valence-electron chi connectivity index (χ0n) is 14.2. The molecule has 134 valence electrons. The van der Waals surface area contributed by atoms with Crippen molar-refractivity contribution in [3.05, 3.63) is 35.6 Å². The van der Waals surface area contributed by atoms with Gasteiger partial charge < -0.3 is 10.4 Å². The van der Waals surface area contributed by atoms with Gasteiger partial charge in [-0.15, -0.1) is 0 Å². The van der Waals surface area contributed by atoms with Crippen molar-refractivity contribution in [3.8, 4) is 0 Å². The zero-order valence-corrected chi connectivity index (χ0v) is 14.2. The predicted octanol–water partition coefficient (Wildman–Crippen LogP) is 3.15. The number of nitrogens with one attached hydrogen (secondary N) is 1. The summed E-state index contributed by atoms with van der Waals surface area (Å²) in [5.41, 5.74) is -0.0711. The summed E-state index contributed by atoms with van der Waals surface area (Å²) < 4.78 is 13.9. The maximum Gasteiger partial charge on any atom is 0.326 e. The molecule has 4 saturated carbocycles. The molecule has 1 atom stereocenters. The van der Waals surface area contributed by atoms with Gasteiger partial charge >= 0.3 is 5.97 Å². The Labute approximate surface area is 146 Å². The minimum atomic E-state index is -1.11. The van der Waals surface area contributed by atoms with Crippen molar-refractivity contribution in [1.82, 2.24) is 5.32 Å². The maximum absolute atomic E-state index is 13.9. The lowest BCUT2D eigenvalue weighted by atomic mass is 9.49. The number of carboxylic acids is 1. The van der Waals surface area contributed by atoms with Crippen LogP contribution >= 0.6 is 0 Å². The molecule has 0 aliphatic heterocycles. The van der Waals surface area contributed by atoms with Crippen molar-refractivity contribution in [2.45, 2.75) is 51.0 Å². The monoisotopic (exact) mass is 345 g/mol. The number of carbonyl (C=O) groups is 2. The molecule has 4 bridgehead atoms. The highest BCUT2D eigenvalue weighted by molar-refractivity contribution is 5.88. The summed E-state index contributed by atoms with van der Waals surface area (Å²) in [4.78, 5) is 24.7. The fraction of sp³-hybridized carbons (Fsp3) is 0.600. The van der Waals surface area contributed by atoms with Crippen LogP contribution in [0.3, 0.4) is 0 Å². The van der Waals surface area contributed by atoms with E-state index in [0.29, 0.717) is 23.3 Å². The first kappa shape index (κ1) is 16.6. The number of carboxylic acid groups (broad SMARTS) is 1. The second kappa shape index (κ2) is 6.11. The Bertz CT molecular complexity index is 667. The van der Waals surface area contributed by atoms with Crippen LogP contribution in [0.4, 0.5) is 4.39 Å². The number of hydrogen-bond acceptors (Lipinski definition) is 2. The van der Waals surface area contributed by atoms with E-state index in [0.717, 1.165) is 19.3 Å². The van der Waals surface area contributed by atoms with Gasteiger partial charge in [0.2, 0.25) is 5.91 Å². The first-order valence-electron chi connectivity index (χ1n) is 9.22. The van der Waals surface area contributed by atoms with Crippen molar-refractivity contribution in [3.63, 3.8) is 0 Å². The Kier molecular flexibility index (Phi) is 4.05. The van der Waals surface area contributed by atoms with E-state index in [4.69, 9.17) is 0 Å². The summed E-state index contributed by atoms with van der Waals surface area (Å²) in [6, 6.07) is 5.05. The van der Waals surface area contributed by atoms with E-state index >= 15 is 0 Å². The van der Waals surface area contributed by atoms with Crippen molar-refractivity contribution < 1.29 is 19.1 Å². The van der Waals surface area contributed by atoms with E-state index in [2.05, 4.69) is 5.32 Å². The van der Waals surface area contributed by atoms with Gasteiger partial charge in [0.15, 0.2) is 0 Å². The lowest BCUT2D eigenvalue weighted by Crippen LogP contribution is -2.56. The van der Waals surface area contributed by atoms with E-state index < -0.39 is 23.2 Å². The van der Waals surface area contributed by atoms with Crippen molar-refractivity contribution >= 4 is 11.9 Å². The summed E-state index contributed by atoms with van der Waals surface area (Å²) in [6.45, 7) is 0. The first-order chi connectivity index (χ1) is 11.9. The van der Waals surface area contributed by atoms with Crippen LogP contribution in [-0.4, -0.2) is 23.0 Å². The Balaban J connectivity index is 1.50. The van der Waals surface area contributed by atoms with Gasteiger partial charge in [-0.25, -0.2) is 9.18 Å². The average Bonchev–Trinajstić information content (AvgIpc) is 2.54. The highest BCUT2D eigenvalue weighted by Gasteiger charge is 2.54. The van der Waals surface area contributed by atoms with Crippen LogP contribution in [0.2, 0.25) is 0 Å². The molecule has 0 aromatic heterocycles. The first-order valence-corrected chi connectivity index (χ1v) is 9.22. The molecular weight excluding hydrogens is 321 g/mol. The van der Waals surface area contributed by atoms with Crippen LogP contribution in [0.1, 0.15) is 44.1 Å². The van der Waals surface area contributed by atoms with Crippen molar-refractivity contribution in [2.24, 2.45) is 23.2 Å². The van der Waals surface area contributed by atoms with Gasteiger partial charge in [0, 0.05) is 11.8 Å². The molecule has 5 heteroatoms. The van der Waals surface area contributed by atoms with Gasteiger partial charge in [0.05, 0.1) is 0 Å². The van der Waals surface area contributed by atoms with E-state index in [1.54, 1.807) is 18.2 Å². The molecule has 0 spiro atoms. The third-order valence-corrected chi connectivity index (χ3v) is 6.51. The number of rotatable bonds is 5. The van der Waals surface area contributed by atoms with Crippen LogP contribution in [0.25, 0.3) is 0 Å². The summed E-state index contributed by atoms with van der Waals surface area (Å²) in [5.74, 6) is 0.181. The highest BCUT2D eigenvalue weighted by atomic mass is 19.1. The van der Waals surface area contributed by atoms with Crippen LogP contribution in [0.15, 0.2) is 24.3 Å². The topological polar surface area (TPSA) is 66.4 Å². The molecular formula is C20H24FNO3. The van der Waals surface area contributed by atoms with Gasteiger partial charge in [-0.3, -0.25) is 4.79 Å². The van der Waals surface area contributed by atoms with Crippen LogP contribution in [0.5, 0.6) is 0 Å².